The summed E-state index contributed by atoms with van der Waals surface area (Å²) in [6.07, 6.45) is 11.1. The van der Waals surface area contributed by atoms with Gasteiger partial charge in [0.15, 0.2) is 11.6 Å². The average molecular weight is 336 g/mol. The minimum absolute atomic E-state index is 0.392. The predicted molar refractivity (Wildman–Crippen MR) is 93.0 cm³/mol. The van der Waals surface area contributed by atoms with Crippen molar-refractivity contribution in [3.8, 4) is 0 Å². The summed E-state index contributed by atoms with van der Waals surface area (Å²) >= 11 is 0. The van der Waals surface area contributed by atoms with Gasteiger partial charge in [-0.2, -0.15) is 0 Å². The molecule has 2 aliphatic carbocycles. The van der Waals surface area contributed by atoms with E-state index in [9.17, 15) is 8.78 Å². The van der Waals surface area contributed by atoms with Crippen LogP contribution in [0.15, 0.2) is 18.2 Å². The second kappa shape index (κ2) is 8.42. The molecule has 3 rings (SSSR count). The van der Waals surface area contributed by atoms with E-state index in [0.29, 0.717) is 12.0 Å². The summed E-state index contributed by atoms with van der Waals surface area (Å²) in [5, 5.41) is 0. The number of ether oxygens (including phenoxy) is 1. The summed E-state index contributed by atoms with van der Waals surface area (Å²) in [4.78, 5) is 0. The Morgan fingerprint density at radius 3 is 2.54 bits per heavy atom. The molecular formula is C21H30F2O. The maximum absolute atomic E-state index is 13.5. The summed E-state index contributed by atoms with van der Waals surface area (Å²) in [7, 11) is 0. The highest BCUT2D eigenvalue weighted by Gasteiger charge is 2.36. The van der Waals surface area contributed by atoms with E-state index in [1.54, 1.807) is 6.07 Å². The van der Waals surface area contributed by atoms with E-state index >= 15 is 0 Å². The van der Waals surface area contributed by atoms with Crippen LogP contribution in [0.25, 0.3) is 0 Å². The highest BCUT2D eigenvalue weighted by Crippen LogP contribution is 2.46. The van der Waals surface area contributed by atoms with E-state index in [1.165, 1.54) is 50.7 Å². The molecule has 1 aromatic rings. The minimum atomic E-state index is -0.742. The molecular weight excluding hydrogens is 306 g/mol. The second-order valence-corrected chi connectivity index (χ2v) is 7.72. The number of benzene rings is 1. The minimum Gasteiger partial charge on any atom is -0.378 e. The lowest BCUT2D eigenvalue weighted by molar-refractivity contribution is -0.0162. The van der Waals surface area contributed by atoms with Crippen LogP contribution >= 0.6 is 0 Å². The van der Waals surface area contributed by atoms with Gasteiger partial charge in [-0.25, -0.2) is 8.78 Å². The fraction of sp³-hybridized carbons (Fsp3) is 0.714. The Morgan fingerprint density at radius 1 is 0.958 bits per heavy atom. The summed E-state index contributed by atoms with van der Waals surface area (Å²) in [5.74, 6) is 0.430. The van der Waals surface area contributed by atoms with E-state index in [2.05, 4.69) is 6.92 Å². The Hall–Kier alpha value is -0.960. The maximum atomic E-state index is 13.5. The Kier molecular flexibility index (Phi) is 6.26. The van der Waals surface area contributed by atoms with Crippen molar-refractivity contribution in [1.82, 2.24) is 0 Å². The fourth-order valence-electron chi connectivity index (χ4n) is 4.67. The van der Waals surface area contributed by atoms with Crippen molar-refractivity contribution in [1.29, 1.82) is 0 Å². The summed E-state index contributed by atoms with van der Waals surface area (Å²) < 4.78 is 32.7. The summed E-state index contributed by atoms with van der Waals surface area (Å²) in [5.41, 5.74) is 0.977. The molecule has 0 amide bonds. The SMILES string of the molecule is CCCCCOC1CCC2CC(c3ccc(F)c(F)c3)CCC2C1. The van der Waals surface area contributed by atoms with E-state index in [0.717, 1.165) is 43.3 Å². The highest BCUT2D eigenvalue weighted by atomic mass is 19.2. The van der Waals surface area contributed by atoms with Crippen molar-refractivity contribution in [2.75, 3.05) is 6.61 Å². The first kappa shape index (κ1) is 17.8. The van der Waals surface area contributed by atoms with Gasteiger partial charge in [-0.05, 0) is 80.4 Å². The van der Waals surface area contributed by atoms with Gasteiger partial charge in [0.2, 0.25) is 0 Å². The lowest BCUT2D eigenvalue weighted by Gasteiger charge is -2.42. The number of hydrogen-bond acceptors (Lipinski definition) is 1. The van der Waals surface area contributed by atoms with Gasteiger partial charge in [0.25, 0.3) is 0 Å². The van der Waals surface area contributed by atoms with E-state index in [4.69, 9.17) is 4.74 Å². The van der Waals surface area contributed by atoms with Crippen molar-refractivity contribution in [3.05, 3.63) is 35.4 Å². The molecule has 1 aromatic carbocycles. The molecule has 0 saturated heterocycles. The van der Waals surface area contributed by atoms with E-state index in [-0.39, 0.29) is 0 Å². The smallest absolute Gasteiger partial charge is 0.159 e. The standard InChI is InChI=1S/C21H30F2O/c1-2-3-4-11-24-19-9-7-16-12-15(5-6-17(16)13-19)18-8-10-20(22)21(23)14-18/h8,10,14-17,19H,2-7,9,11-13H2,1H3. The first-order chi connectivity index (χ1) is 11.7. The third kappa shape index (κ3) is 4.36. The molecule has 0 aromatic heterocycles. The van der Waals surface area contributed by atoms with Crippen LogP contribution in [0.4, 0.5) is 8.78 Å². The molecule has 0 bridgehead atoms. The summed E-state index contributed by atoms with van der Waals surface area (Å²) in [6, 6.07) is 4.45. The van der Waals surface area contributed by atoms with Crippen LogP contribution in [-0.4, -0.2) is 12.7 Å². The number of halogens is 2. The van der Waals surface area contributed by atoms with Gasteiger partial charge in [0.05, 0.1) is 6.10 Å². The Morgan fingerprint density at radius 2 is 1.75 bits per heavy atom. The molecule has 0 spiro atoms. The van der Waals surface area contributed by atoms with Gasteiger partial charge in [-0.15, -0.1) is 0 Å². The average Bonchev–Trinajstić information content (AvgIpc) is 2.60. The number of unbranched alkanes of at least 4 members (excludes halogenated alkanes) is 2. The molecule has 1 nitrogen and oxygen atoms in total. The molecule has 0 aliphatic heterocycles. The van der Waals surface area contributed by atoms with Crippen molar-refractivity contribution < 1.29 is 13.5 Å². The molecule has 0 N–H and O–H groups in total. The predicted octanol–water partition coefficient (Wildman–Crippen LogP) is 6.22. The zero-order valence-corrected chi connectivity index (χ0v) is 14.8. The zero-order chi connectivity index (χ0) is 16.9. The quantitative estimate of drug-likeness (QED) is 0.560. The lowest BCUT2D eigenvalue weighted by Crippen LogP contribution is -2.34. The molecule has 2 aliphatic rings. The molecule has 4 unspecified atom stereocenters. The molecule has 0 radical (unpaired) electrons. The number of rotatable bonds is 6. The second-order valence-electron chi connectivity index (χ2n) is 7.72. The molecule has 0 heterocycles. The van der Waals surface area contributed by atoms with Crippen LogP contribution in [0, 0.1) is 23.5 Å². The van der Waals surface area contributed by atoms with Crippen molar-refractivity contribution in [2.45, 2.75) is 76.7 Å². The molecule has 2 saturated carbocycles. The van der Waals surface area contributed by atoms with E-state index in [1.807, 2.05) is 0 Å². The van der Waals surface area contributed by atoms with Gasteiger partial charge in [0, 0.05) is 6.61 Å². The molecule has 24 heavy (non-hydrogen) atoms. The van der Waals surface area contributed by atoms with Gasteiger partial charge in [0.1, 0.15) is 0 Å². The third-order valence-electron chi connectivity index (χ3n) is 6.08. The Labute approximate surface area is 144 Å². The molecule has 2 fully saturated rings. The molecule has 4 atom stereocenters. The van der Waals surface area contributed by atoms with Crippen LogP contribution in [0.5, 0.6) is 0 Å². The maximum Gasteiger partial charge on any atom is 0.159 e. The third-order valence-corrected chi connectivity index (χ3v) is 6.08. The largest absolute Gasteiger partial charge is 0.378 e. The zero-order valence-electron chi connectivity index (χ0n) is 14.8. The van der Waals surface area contributed by atoms with Crippen LogP contribution in [-0.2, 0) is 4.74 Å². The monoisotopic (exact) mass is 336 g/mol. The van der Waals surface area contributed by atoms with Gasteiger partial charge in [-0.1, -0.05) is 25.8 Å². The van der Waals surface area contributed by atoms with Crippen LogP contribution < -0.4 is 0 Å². The van der Waals surface area contributed by atoms with Crippen molar-refractivity contribution >= 4 is 0 Å². The van der Waals surface area contributed by atoms with Crippen LogP contribution in [0.3, 0.4) is 0 Å². The normalized spacial score (nSPS) is 30.1. The first-order valence-electron chi connectivity index (χ1n) is 9.74. The topological polar surface area (TPSA) is 9.23 Å². The van der Waals surface area contributed by atoms with Crippen LogP contribution in [0.2, 0.25) is 0 Å². The van der Waals surface area contributed by atoms with Gasteiger partial charge in [-0.3, -0.25) is 0 Å². The summed E-state index contributed by atoms with van der Waals surface area (Å²) in [6.45, 7) is 3.13. The van der Waals surface area contributed by atoms with Crippen LogP contribution in [0.1, 0.15) is 76.2 Å². The number of hydrogen-bond donors (Lipinski definition) is 0. The highest BCUT2D eigenvalue weighted by molar-refractivity contribution is 5.22. The molecule has 134 valence electrons. The molecule has 3 heteroatoms. The van der Waals surface area contributed by atoms with E-state index < -0.39 is 11.6 Å². The van der Waals surface area contributed by atoms with Gasteiger partial charge >= 0.3 is 0 Å². The van der Waals surface area contributed by atoms with Crippen molar-refractivity contribution in [2.24, 2.45) is 11.8 Å². The fourth-order valence-corrected chi connectivity index (χ4v) is 4.67. The Balaban J connectivity index is 1.50. The van der Waals surface area contributed by atoms with Crippen molar-refractivity contribution in [3.63, 3.8) is 0 Å². The Bertz CT molecular complexity index is 531. The lowest BCUT2D eigenvalue weighted by atomic mass is 9.65. The number of fused-ring (bicyclic) bond motifs is 1. The first-order valence-corrected chi connectivity index (χ1v) is 9.74. The van der Waals surface area contributed by atoms with Gasteiger partial charge < -0.3 is 4.74 Å².